The third-order valence-electron chi connectivity index (χ3n) is 3.46. The van der Waals surface area contributed by atoms with Crippen molar-refractivity contribution >= 4 is 23.2 Å². The number of aromatic nitrogens is 2. The van der Waals surface area contributed by atoms with Crippen molar-refractivity contribution in [3.8, 4) is 0 Å². The first-order valence-electron chi connectivity index (χ1n) is 6.34. The Morgan fingerprint density at radius 2 is 2.00 bits per heavy atom. The average Bonchev–Trinajstić information content (AvgIpc) is 2.65. The number of nitrogens with zero attached hydrogens (tertiary/aromatic N) is 2. The number of hydrogen-bond donors (Lipinski definition) is 2. The molecule has 1 aromatic carbocycles. The van der Waals surface area contributed by atoms with E-state index in [1.807, 2.05) is 39.1 Å². The van der Waals surface area contributed by atoms with Gasteiger partial charge in [0, 0.05) is 18.5 Å². The molecule has 1 heterocycles. The zero-order chi connectivity index (χ0) is 14.9. The molecule has 0 spiro atoms. The number of halogens is 2. The van der Waals surface area contributed by atoms with Crippen LogP contribution in [0.25, 0.3) is 0 Å². The topological polar surface area (TPSA) is 55.9 Å². The SMILES string of the molecule is Cc1cccc(C(Cc2c(Cl)c(C)nn2C)NN)c1Cl. The molecule has 20 heavy (non-hydrogen) atoms. The molecule has 3 N–H and O–H groups in total. The van der Waals surface area contributed by atoms with E-state index in [-0.39, 0.29) is 6.04 Å². The first-order chi connectivity index (χ1) is 9.45. The highest BCUT2D eigenvalue weighted by Gasteiger charge is 2.20. The summed E-state index contributed by atoms with van der Waals surface area (Å²) >= 11 is 12.7. The maximum atomic E-state index is 6.37. The molecule has 2 aromatic rings. The molecule has 0 aliphatic carbocycles. The Labute approximate surface area is 128 Å². The number of hydrazine groups is 1. The van der Waals surface area contributed by atoms with Crippen LogP contribution in [0.1, 0.15) is 28.6 Å². The second-order valence-electron chi connectivity index (χ2n) is 4.87. The van der Waals surface area contributed by atoms with E-state index in [0.29, 0.717) is 11.4 Å². The molecule has 0 saturated heterocycles. The molecule has 1 atom stereocenters. The van der Waals surface area contributed by atoms with Gasteiger partial charge in [0.25, 0.3) is 0 Å². The van der Waals surface area contributed by atoms with Crippen molar-refractivity contribution in [3.05, 3.63) is 50.8 Å². The molecule has 1 aromatic heterocycles. The first-order valence-corrected chi connectivity index (χ1v) is 7.10. The summed E-state index contributed by atoms with van der Waals surface area (Å²) in [4.78, 5) is 0. The number of nitrogens with two attached hydrogens (primary N) is 1. The third kappa shape index (κ3) is 2.83. The minimum Gasteiger partial charge on any atom is -0.271 e. The Morgan fingerprint density at radius 3 is 2.55 bits per heavy atom. The monoisotopic (exact) mass is 312 g/mol. The standard InChI is InChI=1S/C14H18Cl2N4/c1-8-5-4-6-10(13(8)15)11(18-17)7-12-14(16)9(2)19-20(12)3/h4-6,11,18H,7,17H2,1-3H3. The molecule has 0 bridgehead atoms. The van der Waals surface area contributed by atoms with Gasteiger partial charge < -0.3 is 0 Å². The van der Waals surface area contributed by atoms with Crippen LogP contribution in [-0.2, 0) is 13.5 Å². The molecule has 2 rings (SSSR count). The lowest BCUT2D eigenvalue weighted by atomic mass is 10.0. The van der Waals surface area contributed by atoms with Crippen molar-refractivity contribution in [1.29, 1.82) is 0 Å². The molecule has 108 valence electrons. The fourth-order valence-corrected chi connectivity index (χ4v) is 2.79. The van der Waals surface area contributed by atoms with Gasteiger partial charge in [-0.3, -0.25) is 16.0 Å². The third-order valence-corrected chi connectivity index (χ3v) is 4.47. The van der Waals surface area contributed by atoms with Gasteiger partial charge in [-0.05, 0) is 25.0 Å². The van der Waals surface area contributed by atoms with Crippen LogP contribution in [0, 0.1) is 13.8 Å². The summed E-state index contributed by atoms with van der Waals surface area (Å²) in [5.41, 5.74) is 6.55. The van der Waals surface area contributed by atoms with E-state index in [1.54, 1.807) is 4.68 Å². The average molecular weight is 313 g/mol. The van der Waals surface area contributed by atoms with Gasteiger partial charge in [0.1, 0.15) is 0 Å². The zero-order valence-corrected chi connectivity index (χ0v) is 13.3. The van der Waals surface area contributed by atoms with Gasteiger partial charge in [-0.25, -0.2) is 0 Å². The molecule has 0 aliphatic rings. The minimum absolute atomic E-state index is 0.116. The van der Waals surface area contributed by atoms with E-state index >= 15 is 0 Å². The van der Waals surface area contributed by atoms with Crippen LogP contribution in [0.15, 0.2) is 18.2 Å². The summed E-state index contributed by atoms with van der Waals surface area (Å²) in [5, 5.41) is 5.72. The van der Waals surface area contributed by atoms with E-state index in [9.17, 15) is 0 Å². The van der Waals surface area contributed by atoms with Crippen LogP contribution in [0.5, 0.6) is 0 Å². The molecule has 6 heteroatoms. The number of benzene rings is 1. The van der Waals surface area contributed by atoms with Gasteiger partial charge >= 0.3 is 0 Å². The molecular formula is C14H18Cl2N4. The summed E-state index contributed by atoms with van der Waals surface area (Å²) in [6.45, 7) is 3.86. The van der Waals surface area contributed by atoms with Gasteiger partial charge in [-0.15, -0.1) is 0 Å². The van der Waals surface area contributed by atoms with Crippen molar-refractivity contribution in [3.63, 3.8) is 0 Å². The van der Waals surface area contributed by atoms with E-state index in [1.165, 1.54) is 0 Å². The van der Waals surface area contributed by atoms with Crippen molar-refractivity contribution in [2.45, 2.75) is 26.3 Å². The Bertz CT molecular complexity index is 622. The number of rotatable bonds is 4. The summed E-state index contributed by atoms with van der Waals surface area (Å²) < 4.78 is 1.78. The molecule has 0 amide bonds. The van der Waals surface area contributed by atoms with Crippen LogP contribution >= 0.6 is 23.2 Å². The van der Waals surface area contributed by atoms with Crippen LogP contribution in [-0.4, -0.2) is 9.78 Å². The smallest absolute Gasteiger partial charge is 0.0847 e. The molecule has 0 fully saturated rings. The van der Waals surface area contributed by atoms with Gasteiger partial charge in [0.2, 0.25) is 0 Å². The van der Waals surface area contributed by atoms with Crippen molar-refractivity contribution in [2.75, 3.05) is 0 Å². The van der Waals surface area contributed by atoms with E-state index in [0.717, 1.165) is 27.5 Å². The first kappa shape index (κ1) is 15.3. The van der Waals surface area contributed by atoms with E-state index in [2.05, 4.69) is 10.5 Å². The lowest BCUT2D eigenvalue weighted by molar-refractivity contribution is 0.530. The van der Waals surface area contributed by atoms with E-state index in [4.69, 9.17) is 29.0 Å². The van der Waals surface area contributed by atoms with Crippen molar-refractivity contribution < 1.29 is 0 Å². The fourth-order valence-electron chi connectivity index (χ4n) is 2.29. The molecule has 0 radical (unpaired) electrons. The maximum absolute atomic E-state index is 6.37. The summed E-state index contributed by atoms with van der Waals surface area (Å²) in [5.74, 6) is 5.70. The Kier molecular flexibility index (Phi) is 4.70. The highest BCUT2D eigenvalue weighted by molar-refractivity contribution is 6.32. The van der Waals surface area contributed by atoms with Gasteiger partial charge in [-0.2, -0.15) is 5.10 Å². The van der Waals surface area contributed by atoms with Crippen molar-refractivity contribution in [1.82, 2.24) is 15.2 Å². The normalized spacial score (nSPS) is 12.7. The van der Waals surface area contributed by atoms with Crippen molar-refractivity contribution in [2.24, 2.45) is 12.9 Å². The second kappa shape index (κ2) is 6.14. The summed E-state index contributed by atoms with van der Waals surface area (Å²) in [6.07, 6.45) is 0.621. The van der Waals surface area contributed by atoms with Gasteiger partial charge in [-0.1, -0.05) is 41.4 Å². The predicted octanol–water partition coefficient (Wildman–Crippen LogP) is 3.09. The molecule has 0 saturated carbocycles. The Balaban J connectivity index is 2.36. The van der Waals surface area contributed by atoms with E-state index < -0.39 is 0 Å². The molecular weight excluding hydrogens is 295 g/mol. The highest BCUT2D eigenvalue weighted by Crippen LogP contribution is 2.30. The minimum atomic E-state index is -0.116. The predicted molar refractivity (Wildman–Crippen MR) is 82.9 cm³/mol. The molecule has 0 aliphatic heterocycles. The quantitative estimate of drug-likeness (QED) is 0.674. The maximum Gasteiger partial charge on any atom is 0.0847 e. The van der Waals surface area contributed by atoms with Crippen LogP contribution in [0.2, 0.25) is 10.0 Å². The molecule has 4 nitrogen and oxygen atoms in total. The highest BCUT2D eigenvalue weighted by atomic mass is 35.5. The Morgan fingerprint density at radius 1 is 1.30 bits per heavy atom. The zero-order valence-electron chi connectivity index (χ0n) is 11.7. The van der Waals surface area contributed by atoms with Gasteiger partial charge in [0.15, 0.2) is 0 Å². The lowest BCUT2D eigenvalue weighted by Gasteiger charge is -2.19. The van der Waals surface area contributed by atoms with Crippen LogP contribution in [0.4, 0.5) is 0 Å². The second-order valence-corrected chi connectivity index (χ2v) is 5.63. The lowest BCUT2D eigenvalue weighted by Crippen LogP contribution is -2.30. The largest absolute Gasteiger partial charge is 0.271 e. The summed E-state index contributed by atoms with van der Waals surface area (Å²) in [7, 11) is 1.87. The Hall–Kier alpha value is -1.07. The van der Waals surface area contributed by atoms with Crippen LogP contribution in [0.3, 0.4) is 0 Å². The van der Waals surface area contributed by atoms with Gasteiger partial charge in [0.05, 0.1) is 22.5 Å². The number of aryl methyl sites for hydroxylation is 3. The summed E-state index contributed by atoms with van der Waals surface area (Å²) in [6, 6.07) is 5.80. The number of nitrogens with one attached hydrogen (secondary N) is 1. The number of hydrogen-bond acceptors (Lipinski definition) is 3. The fraction of sp³-hybridized carbons (Fsp3) is 0.357. The van der Waals surface area contributed by atoms with Crippen LogP contribution < -0.4 is 11.3 Å². The molecule has 1 unspecified atom stereocenters.